The Bertz CT molecular complexity index is 607. The molecule has 0 radical (unpaired) electrons. The minimum atomic E-state index is -0.212. The first-order valence-electron chi connectivity index (χ1n) is 6.00. The van der Waals surface area contributed by atoms with Gasteiger partial charge in [-0.1, -0.05) is 6.07 Å². The molecule has 0 aliphatic carbocycles. The molecule has 1 amide bonds. The van der Waals surface area contributed by atoms with Gasteiger partial charge in [0.1, 0.15) is 10.8 Å². The number of amides is 1. The third-order valence-electron chi connectivity index (χ3n) is 2.83. The summed E-state index contributed by atoms with van der Waals surface area (Å²) in [6, 6.07) is 4.76. The molecule has 2 N–H and O–H groups in total. The normalized spacial score (nSPS) is 12.2. The van der Waals surface area contributed by atoms with Crippen LogP contribution in [0.2, 0.25) is 0 Å². The maximum atomic E-state index is 12.1. The number of benzene rings is 1. The van der Waals surface area contributed by atoms with Crippen molar-refractivity contribution >= 4 is 17.2 Å². The van der Waals surface area contributed by atoms with Crippen LogP contribution in [0.1, 0.15) is 39.6 Å². The maximum absolute atomic E-state index is 12.1. The van der Waals surface area contributed by atoms with Crippen molar-refractivity contribution in [3.63, 3.8) is 0 Å². The van der Waals surface area contributed by atoms with Crippen LogP contribution in [-0.2, 0) is 0 Å². The number of carbonyl (C=O) groups is 1. The Labute approximate surface area is 116 Å². The molecule has 1 atom stereocenters. The predicted molar refractivity (Wildman–Crippen MR) is 75.6 cm³/mol. The van der Waals surface area contributed by atoms with Gasteiger partial charge in [0.05, 0.1) is 6.04 Å². The molecular formula is C14H16N2O2S. The minimum absolute atomic E-state index is 0.130. The molecule has 1 aromatic heterocycles. The molecule has 0 aliphatic heterocycles. The zero-order valence-corrected chi connectivity index (χ0v) is 11.9. The highest BCUT2D eigenvalue weighted by Crippen LogP contribution is 2.20. The average Bonchev–Trinajstić information content (AvgIpc) is 2.79. The molecule has 5 heteroatoms. The van der Waals surface area contributed by atoms with Crippen molar-refractivity contribution in [3.8, 4) is 5.75 Å². The first-order valence-corrected chi connectivity index (χ1v) is 6.88. The number of rotatable bonds is 3. The monoisotopic (exact) mass is 276 g/mol. The highest BCUT2D eigenvalue weighted by molar-refractivity contribution is 7.09. The van der Waals surface area contributed by atoms with Crippen molar-refractivity contribution < 1.29 is 9.90 Å². The van der Waals surface area contributed by atoms with Gasteiger partial charge in [0.25, 0.3) is 5.91 Å². The molecule has 100 valence electrons. The Balaban J connectivity index is 2.10. The van der Waals surface area contributed by atoms with Gasteiger partial charge in [-0.05, 0) is 38.5 Å². The summed E-state index contributed by atoms with van der Waals surface area (Å²) in [5.41, 5.74) is 2.15. The number of nitrogens with one attached hydrogen (secondary N) is 1. The molecule has 0 spiro atoms. The second-order valence-electron chi connectivity index (χ2n) is 4.52. The Morgan fingerprint density at radius 2 is 2.16 bits per heavy atom. The number of nitrogens with zero attached hydrogens (tertiary/aromatic N) is 1. The summed E-state index contributed by atoms with van der Waals surface area (Å²) in [7, 11) is 0. The van der Waals surface area contributed by atoms with Crippen LogP contribution in [0.15, 0.2) is 23.6 Å². The number of phenolic OH excluding ortho intramolecular Hbond substituents is 1. The number of aryl methyl sites for hydroxylation is 2. The summed E-state index contributed by atoms with van der Waals surface area (Å²) < 4.78 is 0. The van der Waals surface area contributed by atoms with Crippen LogP contribution in [0, 0.1) is 13.8 Å². The van der Waals surface area contributed by atoms with E-state index in [1.165, 1.54) is 17.4 Å². The summed E-state index contributed by atoms with van der Waals surface area (Å²) in [5, 5.41) is 15.3. The van der Waals surface area contributed by atoms with Crippen molar-refractivity contribution in [2.45, 2.75) is 26.8 Å². The Hall–Kier alpha value is -1.88. The van der Waals surface area contributed by atoms with Crippen LogP contribution in [0.25, 0.3) is 0 Å². The molecular weight excluding hydrogens is 260 g/mol. The van der Waals surface area contributed by atoms with Gasteiger partial charge < -0.3 is 10.4 Å². The lowest BCUT2D eigenvalue weighted by Crippen LogP contribution is -2.26. The highest BCUT2D eigenvalue weighted by Gasteiger charge is 2.14. The number of aromatic nitrogens is 1. The van der Waals surface area contributed by atoms with Gasteiger partial charge in [0.2, 0.25) is 0 Å². The first kappa shape index (κ1) is 13.5. The minimum Gasteiger partial charge on any atom is -0.508 e. The van der Waals surface area contributed by atoms with E-state index in [2.05, 4.69) is 10.3 Å². The van der Waals surface area contributed by atoms with Gasteiger partial charge in [-0.3, -0.25) is 4.79 Å². The van der Waals surface area contributed by atoms with Crippen molar-refractivity contribution in [1.82, 2.24) is 10.3 Å². The lowest BCUT2D eigenvalue weighted by atomic mass is 10.1. The SMILES string of the molecule is Cc1csc(C(C)NC(=O)c2ccc(C)c(O)c2)n1. The molecule has 0 aliphatic rings. The Morgan fingerprint density at radius 1 is 1.42 bits per heavy atom. The Morgan fingerprint density at radius 3 is 2.74 bits per heavy atom. The standard InChI is InChI=1S/C14H16N2O2S/c1-8-4-5-11(6-12(8)17)13(18)16-10(3)14-15-9(2)7-19-14/h4-7,10,17H,1-3H3,(H,16,18). The summed E-state index contributed by atoms with van der Waals surface area (Å²) in [6.07, 6.45) is 0. The summed E-state index contributed by atoms with van der Waals surface area (Å²) in [4.78, 5) is 16.4. The topological polar surface area (TPSA) is 62.2 Å². The van der Waals surface area contributed by atoms with Crippen LogP contribution in [-0.4, -0.2) is 16.0 Å². The summed E-state index contributed by atoms with van der Waals surface area (Å²) >= 11 is 1.53. The molecule has 1 aromatic carbocycles. The molecule has 0 saturated heterocycles. The molecule has 0 saturated carbocycles. The van der Waals surface area contributed by atoms with E-state index in [1.807, 2.05) is 19.2 Å². The van der Waals surface area contributed by atoms with E-state index in [9.17, 15) is 9.90 Å². The third-order valence-corrected chi connectivity index (χ3v) is 3.97. The van der Waals surface area contributed by atoms with E-state index in [0.29, 0.717) is 5.56 Å². The van der Waals surface area contributed by atoms with Crippen molar-refractivity contribution in [2.75, 3.05) is 0 Å². The largest absolute Gasteiger partial charge is 0.508 e. The van der Waals surface area contributed by atoms with Crippen molar-refractivity contribution in [2.24, 2.45) is 0 Å². The summed E-state index contributed by atoms with van der Waals surface area (Å²) in [6.45, 7) is 5.61. The average molecular weight is 276 g/mol. The van der Waals surface area contributed by atoms with Crippen molar-refractivity contribution in [3.05, 3.63) is 45.4 Å². The van der Waals surface area contributed by atoms with Crippen LogP contribution >= 0.6 is 11.3 Å². The van der Waals surface area contributed by atoms with Crippen LogP contribution < -0.4 is 5.32 Å². The summed E-state index contributed by atoms with van der Waals surface area (Å²) in [5.74, 6) is -0.0824. The highest BCUT2D eigenvalue weighted by atomic mass is 32.1. The van der Waals surface area contributed by atoms with Gasteiger partial charge >= 0.3 is 0 Å². The fraction of sp³-hybridized carbons (Fsp3) is 0.286. The van der Waals surface area contributed by atoms with E-state index in [4.69, 9.17) is 0 Å². The fourth-order valence-corrected chi connectivity index (χ4v) is 2.47. The number of hydrogen-bond acceptors (Lipinski definition) is 4. The van der Waals surface area contributed by atoms with Gasteiger partial charge in [-0.25, -0.2) is 4.98 Å². The number of hydrogen-bond donors (Lipinski definition) is 2. The van der Waals surface area contributed by atoms with Crippen LogP contribution in [0.4, 0.5) is 0 Å². The molecule has 1 unspecified atom stereocenters. The van der Waals surface area contributed by atoms with E-state index in [-0.39, 0.29) is 17.7 Å². The lowest BCUT2D eigenvalue weighted by Gasteiger charge is -2.11. The van der Waals surface area contributed by atoms with Gasteiger partial charge in [-0.2, -0.15) is 0 Å². The van der Waals surface area contributed by atoms with E-state index in [1.54, 1.807) is 19.1 Å². The van der Waals surface area contributed by atoms with E-state index < -0.39 is 0 Å². The Kier molecular flexibility index (Phi) is 3.85. The number of aromatic hydroxyl groups is 1. The third kappa shape index (κ3) is 3.12. The molecule has 0 fully saturated rings. The zero-order chi connectivity index (χ0) is 14.0. The number of thiazole rings is 1. The zero-order valence-electron chi connectivity index (χ0n) is 11.1. The second-order valence-corrected chi connectivity index (χ2v) is 5.41. The van der Waals surface area contributed by atoms with E-state index in [0.717, 1.165) is 16.3 Å². The van der Waals surface area contributed by atoms with Gasteiger partial charge in [0, 0.05) is 16.6 Å². The van der Waals surface area contributed by atoms with Gasteiger partial charge in [0.15, 0.2) is 0 Å². The first-order chi connectivity index (χ1) is 8.97. The molecule has 4 nitrogen and oxygen atoms in total. The maximum Gasteiger partial charge on any atom is 0.251 e. The van der Waals surface area contributed by atoms with Crippen LogP contribution in [0.5, 0.6) is 5.75 Å². The smallest absolute Gasteiger partial charge is 0.251 e. The molecule has 2 rings (SSSR count). The lowest BCUT2D eigenvalue weighted by molar-refractivity contribution is 0.0939. The van der Waals surface area contributed by atoms with Gasteiger partial charge in [-0.15, -0.1) is 11.3 Å². The van der Waals surface area contributed by atoms with Crippen LogP contribution in [0.3, 0.4) is 0 Å². The predicted octanol–water partition coefficient (Wildman–Crippen LogP) is 2.96. The molecule has 1 heterocycles. The van der Waals surface area contributed by atoms with Crippen molar-refractivity contribution in [1.29, 1.82) is 0 Å². The van der Waals surface area contributed by atoms with E-state index >= 15 is 0 Å². The second kappa shape index (κ2) is 5.40. The number of phenols is 1. The molecule has 19 heavy (non-hydrogen) atoms. The quantitative estimate of drug-likeness (QED) is 0.906. The fourth-order valence-electron chi connectivity index (χ4n) is 1.66. The molecule has 0 bridgehead atoms. The number of carbonyl (C=O) groups excluding carboxylic acids is 1. The molecule has 2 aromatic rings.